The molecule has 0 saturated carbocycles. The minimum absolute atomic E-state index is 0.106. The van der Waals surface area contributed by atoms with Gasteiger partial charge >= 0.3 is 0 Å². The molecule has 2 aromatic rings. The number of fused-ring (bicyclic) bond motifs is 1. The first-order valence-electron chi connectivity index (χ1n) is 7.47. The maximum Gasteiger partial charge on any atom is 0.273 e. The van der Waals surface area contributed by atoms with Crippen LogP contribution in [-0.2, 0) is 13.1 Å². The van der Waals surface area contributed by atoms with Crippen molar-refractivity contribution in [1.29, 1.82) is 0 Å². The molecule has 0 radical (unpaired) electrons. The molecule has 0 spiro atoms. The molecule has 116 valence electrons. The number of anilines is 1. The summed E-state index contributed by atoms with van der Waals surface area (Å²) in [6.07, 6.45) is 4.51. The molecule has 0 aromatic carbocycles. The normalized spacial score (nSPS) is 14.8. The number of amides is 1. The number of rotatable bonds is 2. The Balaban J connectivity index is 1.88. The topological polar surface area (TPSA) is 89.9 Å². The number of nitrogen functional groups attached to an aromatic ring is 1. The summed E-state index contributed by atoms with van der Waals surface area (Å²) >= 11 is 0. The first kappa shape index (κ1) is 14.5. The lowest BCUT2D eigenvalue weighted by atomic mass is 10.1. The molecule has 1 amide bonds. The van der Waals surface area contributed by atoms with Gasteiger partial charge in [-0.25, -0.2) is 15.0 Å². The van der Waals surface area contributed by atoms with Crippen molar-refractivity contribution < 1.29 is 4.79 Å². The van der Waals surface area contributed by atoms with Crippen molar-refractivity contribution in [2.75, 3.05) is 12.3 Å². The van der Waals surface area contributed by atoms with Gasteiger partial charge in [-0.1, -0.05) is 13.8 Å². The van der Waals surface area contributed by atoms with E-state index in [0.29, 0.717) is 18.8 Å². The van der Waals surface area contributed by atoms with Gasteiger partial charge in [0, 0.05) is 25.0 Å². The van der Waals surface area contributed by atoms with Gasteiger partial charge < -0.3 is 15.2 Å². The van der Waals surface area contributed by atoms with E-state index in [1.165, 1.54) is 0 Å². The lowest BCUT2D eigenvalue weighted by Crippen LogP contribution is -2.31. The summed E-state index contributed by atoms with van der Waals surface area (Å²) in [4.78, 5) is 27.0. The van der Waals surface area contributed by atoms with Gasteiger partial charge in [0.05, 0.1) is 18.6 Å². The molecule has 1 aliphatic heterocycles. The van der Waals surface area contributed by atoms with Gasteiger partial charge in [-0.15, -0.1) is 0 Å². The molecular formula is C15H20N6O. The van der Waals surface area contributed by atoms with Crippen LogP contribution in [0.25, 0.3) is 0 Å². The number of nitrogens with two attached hydrogens (primary N) is 1. The Morgan fingerprint density at radius 1 is 1.32 bits per heavy atom. The highest BCUT2D eigenvalue weighted by molar-refractivity contribution is 5.92. The molecule has 0 bridgehead atoms. The third-order valence-corrected chi connectivity index (χ3v) is 3.84. The van der Waals surface area contributed by atoms with Crippen LogP contribution in [0.2, 0.25) is 0 Å². The standard InChI is InChI=1S/C15H20N6O/c1-10(2)12-6-13(19-15(16)18-12)14(22)20-4-3-5-21-9-17-7-11(21)8-20/h6-7,9-10H,3-5,8H2,1-2H3,(H2,16,18,19). The number of carbonyl (C=O) groups excluding carboxylic acids is 1. The Hall–Kier alpha value is -2.44. The predicted molar refractivity (Wildman–Crippen MR) is 82.1 cm³/mol. The van der Waals surface area contributed by atoms with Crippen molar-refractivity contribution in [3.8, 4) is 0 Å². The van der Waals surface area contributed by atoms with Crippen LogP contribution in [-0.4, -0.2) is 36.9 Å². The van der Waals surface area contributed by atoms with Crippen molar-refractivity contribution in [3.05, 3.63) is 35.7 Å². The number of nitrogens with zero attached hydrogens (tertiary/aromatic N) is 5. The van der Waals surface area contributed by atoms with Crippen molar-refractivity contribution in [1.82, 2.24) is 24.4 Å². The third-order valence-electron chi connectivity index (χ3n) is 3.84. The lowest BCUT2D eigenvalue weighted by Gasteiger charge is -2.20. The molecular weight excluding hydrogens is 280 g/mol. The van der Waals surface area contributed by atoms with E-state index >= 15 is 0 Å². The fourth-order valence-corrected chi connectivity index (χ4v) is 2.61. The maximum absolute atomic E-state index is 12.8. The van der Waals surface area contributed by atoms with Gasteiger partial charge in [-0.2, -0.15) is 0 Å². The molecule has 22 heavy (non-hydrogen) atoms. The highest BCUT2D eigenvalue weighted by Crippen LogP contribution is 2.17. The van der Waals surface area contributed by atoms with Crippen LogP contribution >= 0.6 is 0 Å². The maximum atomic E-state index is 12.8. The second-order valence-electron chi connectivity index (χ2n) is 5.85. The quantitative estimate of drug-likeness (QED) is 0.906. The average Bonchev–Trinajstić information content (AvgIpc) is 2.83. The minimum atomic E-state index is -0.106. The molecule has 0 unspecified atom stereocenters. The molecule has 0 saturated heterocycles. The van der Waals surface area contributed by atoms with Crippen LogP contribution in [0.4, 0.5) is 5.95 Å². The highest BCUT2D eigenvalue weighted by Gasteiger charge is 2.22. The second kappa shape index (κ2) is 5.75. The Kier molecular flexibility index (Phi) is 3.79. The number of hydrogen-bond acceptors (Lipinski definition) is 5. The fourth-order valence-electron chi connectivity index (χ4n) is 2.61. The molecule has 2 aromatic heterocycles. The first-order chi connectivity index (χ1) is 10.5. The van der Waals surface area contributed by atoms with E-state index < -0.39 is 0 Å². The van der Waals surface area contributed by atoms with E-state index in [4.69, 9.17) is 5.73 Å². The van der Waals surface area contributed by atoms with Crippen LogP contribution in [0, 0.1) is 0 Å². The van der Waals surface area contributed by atoms with Gasteiger partial charge in [0.2, 0.25) is 5.95 Å². The number of imidazole rings is 1. The van der Waals surface area contributed by atoms with Gasteiger partial charge in [0.1, 0.15) is 5.69 Å². The number of hydrogen-bond donors (Lipinski definition) is 1. The lowest BCUT2D eigenvalue weighted by molar-refractivity contribution is 0.0739. The largest absolute Gasteiger partial charge is 0.368 e. The van der Waals surface area contributed by atoms with Crippen molar-refractivity contribution in [2.24, 2.45) is 0 Å². The van der Waals surface area contributed by atoms with Gasteiger partial charge in [-0.3, -0.25) is 4.79 Å². The van der Waals surface area contributed by atoms with Crippen LogP contribution in [0.5, 0.6) is 0 Å². The summed E-state index contributed by atoms with van der Waals surface area (Å²) in [5.74, 6) is 0.238. The van der Waals surface area contributed by atoms with E-state index in [1.54, 1.807) is 17.2 Å². The molecule has 0 atom stereocenters. The van der Waals surface area contributed by atoms with E-state index in [0.717, 1.165) is 24.4 Å². The smallest absolute Gasteiger partial charge is 0.273 e. The summed E-state index contributed by atoms with van der Waals surface area (Å²) in [5, 5.41) is 0. The summed E-state index contributed by atoms with van der Waals surface area (Å²) in [7, 11) is 0. The first-order valence-corrected chi connectivity index (χ1v) is 7.47. The van der Waals surface area contributed by atoms with E-state index in [-0.39, 0.29) is 17.8 Å². The molecule has 0 fully saturated rings. The van der Waals surface area contributed by atoms with Crippen LogP contribution < -0.4 is 5.73 Å². The Labute approximate surface area is 129 Å². The van der Waals surface area contributed by atoms with Crippen molar-refractivity contribution >= 4 is 11.9 Å². The van der Waals surface area contributed by atoms with E-state index in [9.17, 15) is 4.79 Å². The summed E-state index contributed by atoms with van der Waals surface area (Å²) in [6, 6.07) is 1.74. The number of aromatic nitrogens is 4. The molecule has 2 N–H and O–H groups in total. The third kappa shape index (κ3) is 2.79. The monoisotopic (exact) mass is 300 g/mol. The SMILES string of the molecule is CC(C)c1cc(C(=O)N2CCCn3cncc3C2)nc(N)n1. The second-order valence-corrected chi connectivity index (χ2v) is 5.85. The summed E-state index contributed by atoms with van der Waals surface area (Å²) in [6.45, 7) is 6.14. The zero-order valence-electron chi connectivity index (χ0n) is 12.9. The highest BCUT2D eigenvalue weighted by atomic mass is 16.2. The molecule has 3 rings (SSSR count). The molecule has 1 aliphatic rings. The van der Waals surface area contributed by atoms with Crippen LogP contribution in [0.15, 0.2) is 18.6 Å². The fraction of sp³-hybridized carbons (Fsp3) is 0.467. The summed E-state index contributed by atoms with van der Waals surface area (Å²) < 4.78 is 2.08. The Morgan fingerprint density at radius 2 is 2.14 bits per heavy atom. The van der Waals surface area contributed by atoms with Crippen LogP contribution in [0.3, 0.4) is 0 Å². The Bertz CT molecular complexity index is 693. The van der Waals surface area contributed by atoms with Gasteiger partial charge in [0.15, 0.2) is 0 Å². The summed E-state index contributed by atoms with van der Waals surface area (Å²) in [5.41, 5.74) is 7.94. The molecule has 0 aliphatic carbocycles. The minimum Gasteiger partial charge on any atom is -0.368 e. The van der Waals surface area contributed by atoms with Gasteiger partial charge in [-0.05, 0) is 18.4 Å². The number of carbonyl (C=O) groups is 1. The van der Waals surface area contributed by atoms with Gasteiger partial charge in [0.25, 0.3) is 5.91 Å². The zero-order valence-corrected chi connectivity index (χ0v) is 12.9. The predicted octanol–water partition coefficient (Wildman–Crippen LogP) is 1.42. The van der Waals surface area contributed by atoms with Crippen molar-refractivity contribution in [3.63, 3.8) is 0 Å². The average molecular weight is 300 g/mol. The zero-order chi connectivity index (χ0) is 15.7. The van der Waals surface area contributed by atoms with Crippen LogP contribution in [0.1, 0.15) is 48.1 Å². The molecule has 7 nitrogen and oxygen atoms in total. The number of aryl methyl sites for hydroxylation is 1. The van der Waals surface area contributed by atoms with E-state index in [2.05, 4.69) is 19.5 Å². The van der Waals surface area contributed by atoms with Crippen molar-refractivity contribution in [2.45, 2.75) is 39.3 Å². The molecule has 3 heterocycles. The van der Waals surface area contributed by atoms with E-state index in [1.807, 2.05) is 20.2 Å². The Morgan fingerprint density at radius 3 is 2.91 bits per heavy atom. The molecule has 7 heteroatoms.